The van der Waals surface area contributed by atoms with Crippen LogP contribution >= 0.6 is 11.8 Å². The highest BCUT2D eigenvalue weighted by Gasteiger charge is 2.25. The molecule has 0 N–H and O–H groups in total. The van der Waals surface area contributed by atoms with Crippen LogP contribution in [-0.4, -0.2) is 4.57 Å². The molecule has 0 bridgehead atoms. The molecule has 8 aromatic carbocycles. The first-order chi connectivity index (χ1) is 25.8. The highest BCUT2D eigenvalue weighted by Crippen LogP contribution is 2.51. The Bertz CT molecular complexity index is 2670. The number of nitrogens with zero attached hydrogens (tertiary/aromatic N) is 3. The summed E-state index contributed by atoms with van der Waals surface area (Å²) >= 11 is 1.84. The standard InChI is InChI=1S/C48H33N3S/c1-3-14-34(15-4-1)35-26-28-37(29-27-35)49(36-16-5-2-6-17-36)40-30-31-44-42(33-40)41-20-7-8-21-43(41)50(44)38-18-13-19-39(32-38)51-45-22-9-11-24-47(45)52-48-25-12-10-23-46(48)51/h1-33H. The minimum atomic E-state index is 1.11. The second-order valence-corrected chi connectivity index (χ2v) is 14.1. The van der Waals surface area contributed by atoms with Crippen LogP contribution in [0.2, 0.25) is 0 Å². The second-order valence-electron chi connectivity index (χ2n) is 13.0. The van der Waals surface area contributed by atoms with Gasteiger partial charge in [-0.3, -0.25) is 0 Å². The zero-order valence-corrected chi connectivity index (χ0v) is 29.1. The molecule has 0 spiro atoms. The summed E-state index contributed by atoms with van der Waals surface area (Å²) in [6.07, 6.45) is 0. The van der Waals surface area contributed by atoms with Crippen LogP contribution in [0, 0.1) is 0 Å². The minimum Gasteiger partial charge on any atom is -0.310 e. The number of fused-ring (bicyclic) bond motifs is 5. The number of benzene rings is 8. The largest absolute Gasteiger partial charge is 0.310 e. The van der Waals surface area contributed by atoms with Gasteiger partial charge in [0, 0.05) is 49.0 Å². The lowest BCUT2D eigenvalue weighted by atomic mass is 10.0. The fourth-order valence-electron chi connectivity index (χ4n) is 7.59. The molecule has 0 saturated carbocycles. The predicted molar refractivity (Wildman–Crippen MR) is 220 cm³/mol. The maximum absolute atomic E-state index is 2.41. The molecule has 2 heterocycles. The number of para-hydroxylation sites is 4. The number of anilines is 6. The van der Waals surface area contributed by atoms with Crippen molar-refractivity contribution in [1.82, 2.24) is 4.57 Å². The van der Waals surface area contributed by atoms with Crippen LogP contribution in [0.15, 0.2) is 210 Å². The molecule has 3 nitrogen and oxygen atoms in total. The minimum absolute atomic E-state index is 1.11. The number of hydrogen-bond acceptors (Lipinski definition) is 3. The van der Waals surface area contributed by atoms with E-state index in [2.05, 4.69) is 215 Å². The molecule has 9 aromatic rings. The summed E-state index contributed by atoms with van der Waals surface area (Å²) in [7, 11) is 0. The molecule has 0 radical (unpaired) electrons. The SMILES string of the molecule is c1ccc(-c2ccc(N(c3ccccc3)c3ccc4c(c3)c3ccccc3n4-c3cccc(N4c5ccccc5Sc5ccccc54)c3)cc2)cc1. The summed E-state index contributed by atoms with van der Waals surface area (Å²) in [5.74, 6) is 0. The van der Waals surface area contributed by atoms with E-state index < -0.39 is 0 Å². The van der Waals surface area contributed by atoms with E-state index in [1.807, 2.05) is 11.8 Å². The van der Waals surface area contributed by atoms with Gasteiger partial charge in [-0.25, -0.2) is 0 Å². The molecule has 0 aliphatic carbocycles. The van der Waals surface area contributed by atoms with Crippen LogP contribution in [0.1, 0.15) is 0 Å². The monoisotopic (exact) mass is 683 g/mol. The highest BCUT2D eigenvalue weighted by molar-refractivity contribution is 7.99. The van der Waals surface area contributed by atoms with Gasteiger partial charge < -0.3 is 14.4 Å². The van der Waals surface area contributed by atoms with Crippen LogP contribution in [0.4, 0.5) is 34.1 Å². The normalized spacial score (nSPS) is 12.1. The Morgan fingerprint density at radius 1 is 0.365 bits per heavy atom. The fourth-order valence-corrected chi connectivity index (χ4v) is 8.65. The van der Waals surface area contributed by atoms with Gasteiger partial charge in [-0.1, -0.05) is 121 Å². The van der Waals surface area contributed by atoms with Crippen LogP contribution < -0.4 is 9.80 Å². The molecule has 0 fully saturated rings. The average Bonchev–Trinajstić information content (AvgIpc) is 3.55. The van der Waals surface area contributed by atoms with Crippen LogP contribution in [0.5, 0.6) is 0 Å². The van der Waals surface area contributed by atoms with Crippen molar-refractivity contribution in [2.75, 3.05) is 9.80 Å². The molecule has 0 amide bonds. The fraction of sp³-hybridized carbons (Fsp3) is 0. The number of hydrogen-bond donors (Lipinski definition) is 0. The van der Waals surface area contributed by atoms with Gasteiger partial charge in [0.2, 0.25) is 0 Å². The van der Waals surface area contributed by atoms with Crippen LogP contribution in [-0.2, 0) is 0 Å². The Labute approximate surface area is 307 Å². The summed E-state index contributed by atoms with van der Waals surface area (Å²) < 4.78 is 2.41. The van der Waals surface area contributed by atoms with Gasteiger partial charge in [0.15, 0.2) is 0 Å². The average molecular weight is 684 g/mol. The first kappa shape index (κ1) is 30.3. The Morgan fingerprint density at radius 3 is 1.67 bits per heavy atom. The van der Waals surface area contributed by atoms with Crippen molar-refractivity contribution in [3.63, 3.8) is 0 Å². The van der Waals surface area contributed by atoms with Gasteiger partial charge in [0.1, 0.15) is 0 Å². The van der Waals surface area contributed by atoms with Gasteiger partial charge in [0.05, 0.1) is 22.4 Å². The molecule has 1 aliphatic heterocycles. The van der Waals surface area contributed by atoms with E-state index >= 15 is 0 Å². The van der Waals surface area contributed by atoms with E-state index in [0.717, 1.165) is 28.4 Å². The number of aromatic nitrogens is 1. The first-order valence-electron chi connectivity index (χ1n) is 17.6. The van der Waals surface area contributed by atoms with Crippen molar-refractivity contribution >= 4 is 67.7 Å². The van der Waals surface area contributed by atoms with E-state index in [9.17, 15) is 0 Å². The molecule has 246 valence electrons. The zero-order chi connectivity index (χ0) is 34.4. The summed E-state index contributed by atoms with van der Waals surface area (Å²) in [4.78, 5) is 7.27. The summed E-state index contributed by atoms with van der Waals surface area (Å²) in [5, 5.41) is 2.44. The molecule has 4 heteroatoms. The van der Waals surface area contributed by atoms with E-state index in [0.29, 0.717) is 0 Å². The smallest absolute Gasteiger partial charge is 0.0601 e. The lowest BCUT2D eigenvalue weighted by Gasteiger charge is -2.33. The lowest BCUT2D eigenvalue weighted by Crippen LogP contribution is -2.15. The Balaban J connectivity index is 1.11. The van der Waals surface area contributed by atoms with Crippen molar-refractivity contribution in [2.45, 2.75) is 9.79 Å². The van der Waals surface area contributed by atoms with E-state index in [-0.39, 0.29) is 0 Å². The third-order valence-corrected chi connectivity index (χ3v) is 11.1. The van der Waals surface area contributed by atoms with Crippen molar-refractivity contribution in [3.8, 4) is 16.8 Å². The molecule has 1 aromatic heterocycles. The Kier molecular flexibility index (Phi) is 7.40. The first-order valence-corrected chi connectivity index (χ1v) is 18.4. The van der Waals surface area contributed by atoms with E-state index in [1.165, 1.54) is 54.1 Å². The molecule has 0 unspecified atom stereocenters. The predicted octanol–water partition coefficient (Wildman–Crippen LogP) is 13.9. The van der Waals surface area contributed by atoms with Crippen molar-refractivity contribution in [3.05, 3.63) is 200 Å². The second kappa shape index (κ2) is 12.7. The molecule has 0 atom stereocenters. The topological polar surface area (TPSA) is 11.4 Å². The maximum atomic E-state index is 2.41. The maximum Gasteiger partial charge on any atom is 0.0601 e. The quantitative estimate of drug-likeness (QED) is 0.173. The van der Waals surface area contributed by atoms with Gasteiger partial charge in [0.25, 0.3) is 0 Å². The summed E-state index contributed by atoms with van der Waals surface area (Å²) in [6, 6.07) is 72.1. The van der Waals surface area contributed by atoms with Gasteiger partial charge in [-0.05, 0) is 102 Å². The van der Waals surface area contributed by atoms with Gasteiger partial charge >= 0.3 is 0 Å². The van der Waals surface area contributed by atoms with Gasteiger partial charge in [-0.15, -0.1) is 0 Å². The molecule has 0 saturated heterocycles. The van der Waals surface area contributed by atoms with Crippen molar-refractivity contribution in [2.24, 2.45) is 0 Å². The Hall–Kier alpha value is -6.49. The number of rotatable bonds is 6. The summed E-state index contributed by atoms with van der Waals surface area (Å²) in [5.41, 5.74) is 12.8. The van der Waals surface area contributed by atoms with E-state index in [4.69, 9.17) is 0 Å². The summed E-state index contributed by atoms with van der Waals surface area (Å²) in [6.45, 7) is 0. The van der Waals surface area contributed by atoms with Crippen molar-refractivity contribution in [1.29, 1.82) is 0 Å². The zero-order valence-electron chi connectivity index (χ0n) is 28.3. The molecule has 10 rings (SSSR count). The van der Waals surface area contributed by atoms with Crippen molar-refractivity contribution < 1.29 is 0 Å². The van der Waals surface area contributed by atoms with Gasteiger partial charge in [-0.2, -0.15) is 0 Å². The molecule has 52 heavy (non-hydrogen) atoms. The highest BCUT2D eigenvalue weighted by atomic mass is 32.2. The molecule has 1 aliphatic rings. The molecular weight excluding hydrogens is 651 g/mol. The third kappa shape index (κ3) is 5.15. The lowest BCUT2D eigenvalue weighted by molar-refractivity contribution is 1.14. The third-order valence-electron chi connectivity index (χ3n) is 9.94. The van der Waals surface area contributed by atoms with E-state index in [1.54, 1.807) is 0 Å². The van der Waals surface area contributed by atoms with Crippen LogP contribution in [0.25, 0.3) is 38.6 Å². The van der Waals surface area contributed by atoms with Crippen LogP contribution in [0.3, 0.4) is 0 Å². The molecular formula is C48H33N3S. The Morgan fingerprint density at radius 2 is 0.923 bits per heavy atom.